The Balaban J connectivity index is 1.81. The molecule has 1 N–H and O–H groups in total. The molecule has 1 aliphatic rings. The van der Waals surface area contributed by atoms with E-state index in [1.807, 2.05) is 0 Å². The second-order valence-corrected chi connectivity index (χ2v) is 9.79. The van der Waals surface area contributed by atoms with E-state index in [9.17, 15) is 26.4 Å². The molecule has 11 heteroatoms. The third kappa shape index (κ3) is 4.70. The van der Waals surface area contributed by atoms with E-state index in [0.717, 1.165) is 11.8 Å². The number of fused-ring (bicyclic) bond motifs is 1. The average molecular weight is 419 g/mol. The number of alkyl halides is 3. The Labute approximate surface area is 157 Å². The first-order valence-electron chi connectivity index (χ1n) is 8.06. The van der Waals surface area contributed by atoms with Crippen LogP contribution < -0.4 is 5.32 Å². The van der Waals surface area contributed by atoms with Crippen molar-refractivity contribution in [1.82, 2.24) is 15.3 Å². The maximum absolute atomic E-state index is 13.1. The van der Waals surface area contributed by atoms with Crippen LogP contribution >= 0.6 is 11.8 Å². The van der Waals surface area contributed by atoms with Gasteiger partial charge in [-0.3, -0.25) is 4.79 Å². The molecule has 146 valence electrons. The van der Waals surface area contributed by atoms with Crippen LogP contribution in [-0.4, -0.2) is 47.1 Å². The van der Waals surface area contributed by atoms with E-state index in [2.05, 4.69) is 15.3 Å². The van der Waals surface area contributed by atoms with Crippen molar-refractivity contribution in [3.63, 3.8) is 0 Å². The van der Waals surface area contributed by atoms with Gasteiger partial charge in [0, 0.05) is 11.4 Å². The molecule has 2 heterocycles. The Hall–Kier alpha value is -1.88. The molecular weight excluding hydrogens is 403 g/mol. The molecule has 0 unspecified atom stereocenters. The van der Waals surface area contributed by atoms with Crippen molar-refractivity contribution in [3.05, 3.63) is 30.1 Å². The summed E-state index contributed by atoms with van der Waals surface area (Å²) in [5.41, 5.74) is 0.136. The molecule has 0 radical (unpaired) electrons. The summed E-state index contributed by atoms with van der Waals surface area (Å²) in [6.07, 6.45) is -4.37. The van der Waals surface area contributed by atoms with E-state index in [1.54, 1.807) is 18.2 Å². The number of nitrogens with zero attached hydrogens (tertiary/aromatic N) is 2. The lowest BCUT2D eigenvalue weighted by Crippen LogP contribution is -2.40. The van der Waals surface area contributed by atoms with Gasteiger partial charge in [-0.25, -0.2) is 18.4 Å². The van der Waals surface area contributed by atoms with E-state index in [0.29, 0.717) is 11.8 Å². The number of thioether (sulfide) groups is 1. The molecule has 6 nitrogen and oxygen atoms in total. The average Bonchev–Trinajstić information content (AvgIpc) is 2.92. The lowest BCUT2D eigenvalue weighted by molar-refractivity contribution is -0.145. The Morgan fingerprint density at radius 3 is 2.63 bits per heavy atom. The van der Waals surface area contributed by atoms with Gasteiger partial charge in [0.25, 0.3) is 0 Å². The first-order valence-corrected chi connectivity index (χ1v) is 10.8. The van der Waals surface area contributed by atoms with Gasteiger partial charge in [-0.2, -0.15) is 13.2 Å². The minimum Gasteiger partial charge on any atom is -0.351 e. The van der Waals surface area contributed by atoms with E-state index in [-0.39, 0.29) is 22.0 Å². The number of halogens is 3. The van der Waals surface area contributed by atoms with Crippen LogP contribution in [0.5, 0.6) is 0 Å². The van der Waals surface area contributed by atoms with Gasteiger partial charge in [0.1, 0.15) is 5.03 Å². The highest BCUT2D eigenvalue weighted by molar-refractivity contribution is 8.00. The maximum atomic E-state index is 13.1. The summed E-state index contributed by atoms with van der Waals surface area (Å²) >= 11 is 0.882. The minimum atomic E-state index is -4.71. The van der Waals surface area contributed by atoms with Crippen LogP contribution in [0.1, 0.15) is 19.2 Å². The predicted octanol–water partition coefficient (Wildman–Crippen LogP) is 2.43. The fourth-order valence-electron chi connectivity index (χ4n) is 2.71. The molecule has 1 aliphatic heterocycles. The molecule has 2 atom stereocenters. The van der Waals surface area contributed by atoms with Gasteiger partial charge in [-0.15, -0.1) is 0 Å². The number of hydrogen-bond donors (Lipinski definition) is 1. The number of amides is 1. The molecule has 2 aromatic rings. The topological polar surface area (TPSA) is 89.0 Å². The highest BCUT2D eigenvalue weighted by Crippen LogP contribution is 2.33. The molecule has 1 fully saturated rings. The van der Waals surface area contributed by atoms with Gasteiger partial charge in [0.2, 0.25) is 11.7 Å². The summed E-state index contributed by atoms with van der Waals surface area (Å²) in [7, 11) is -3.14. The van der Waals surface area contributed by atoms with Gasteiger partial charge >= 0.3 is 6.18 Å². The molecule has 1 aromatic heterocycles. The second kappa shape index (κ2) is 7.27. The number of nitrogens with one attached hydrogen (secondary N) is 1. The summed E-state index contributed by atoms with van der Waals surface area (Å²) < 4.78 is 62.2. The zero-order valence-corrected chi connectivity index (χ0v) is 15.8. The van der Waals surface area contributed by atoms with Crippen LogP contribution in [-0.2, 0) is 20.8 Å². The summed E-state index contributed by atoms with van der Waals surface area (Å²) in [6, 6.07) is 5.78. The van der Waals surface area contributed by atoms with E-state index >= 15 is 0 Å². The summed E-state index contributed by atoms with van der Waals surface area (Å²) in [5, 5.41) is 2.35. The molecule has 0 bridgehead atoms. The fourth-order valence-corrected chi connectivity index (χ4v) is 5.33. The Kier molecular flexibility index (Phi) is 5.35. The van der Waals surface area contributed by atoms with Crippen LogP contribution in [0.15, 0.2) is 29.3 Å². The van der Waals surface area contributed by atoms with Crippen LogP contribution in [0.2, 0.25) is 0 Å². The molecule has 0 spiro atoms. The van der Waals surface area contributed by atoms with Crippen molar-refractivity contribution < 1.29 is 26.4 Å². The third-order valence-electron chi connectivity index (χ3n) is 4.06. The maximum Gasteiger partial charge on any atom is 0.451 e. The van der Waals surface area contributed by atoms with Gasteiger partial charge in [0.15, 0.2) is 9.84 Å². The summed E-state index contributed by atoms with van der Waals surface area (Å²) in [6.45, 7) is 1.54. The summed E-state index contributed by atoms with van der Waals surface area (Å²) in [5.74, 6) is -1.81. The van der Waals surface area contributed by atoms with E-state index in [1.165, 1.54) is 13.0 Å². The number of hydrogen-bond acceptors (Lipinski definition) is 6. The zero-order chi connectivity index (χ0) is 19.8. The third-order valence-corrected chi connectivity index (χ3v) is 6.93. The van der Waals surface area contributed by atoms with Crippen LogP contribution in [0.4, 0.5) is 13.2 Å². The quantitative estimate of drug-likeness (QED) is 0.605. The number of rotatable bonds is 4. The smallest absolute Gasteiger partial charge is 0.351 e. The number of carbonyl (C=O) groups is 1. The standard InChI is InChI=1S/C16H16F3N3O3S2/c1-9(13(23)20-10-6-7-27(24,25)8-10)26-14-11-4-2-3-5-12(11)21-15(22-14)16(17,18)19/h2-5,9-10H,6-8H2,1H3,(H,20,23)/t9-,10-/m0/s1. The minimum absolute atomic E-state index is 0.0188. The van der Waals surface area contributed by atoms with Crippen LogP contribution in [0.3, 0.4) is 0 Å². The van der Waals surface area contributed by atoms with Crippen molar-refractivity contribution in [2.24, 2.45) is 0 Å². The largest absolute Gasteiger partial charge is 0.451 e. The monoisotopic (exact) mass is 419 g/mol. The molecular formula is C16H16F3N3O3S2. The Bertz CT molecular complexity index is 980. The van der Waals surface area contributed by atoms with Crippen molar-refractivity contribution in [1.29, 1.82) is 0 Å². The van der Waals surface area contributed by atoms with E-state index in [4.69, 9.17) is 0 Å². The SMILES string of the molecule is C[C@H](Sc1nc(C(F)(F)F)nc2ccccc12)C(=O)N[C@H]1CCS(=O)(=O)C1. The lowest BCUT2D eigenvalue weighted by Gasteiger charge is -2.16. The Morgan fingerprint density at radius 1 is 1.30 bits per heavy atom. The number of sulfone groups is 1. The molecule has 0 aliphatic carbocycles. The molecule has 27 heavy (non-hydrogen) atoms. The number of benzene rings is 1. The van der Waals surface area contributed by atoms with Gasteiger partial charge in [-0.05, 0) is 19.4 Å². The number of carbonyl (C=O) groups excluding carboxylic acids is 1. The molecule has 1 saturated heterocycles. The van der Waals surface area contributed by atoms with Crippen molar-refractivity contribution in [2.45, 2.75) is 35.8 Å². The molecule has 0 saturated carbocycles. The van der Waals surface area contributed by atoms with E-state index < -0.39 is 39.0 Å². The van der Waals surface area contributed by atoms with Crippen molar-refractivity contribution in [2.75, 3.05) is 11.5 Å². The first-order chi connectivity index (χ1) is 12.5. The van der Waals surface area contributed by atoms with Gasteiger partial charge < -0.3 is 5.32 Å². The second-order valence-electron chi connectivity index (χ2n) is 6.24. The fraction of sp³-hybridized carbons (Fsp3) is 0.438. The molecule has 1 amide bonds. The summed E-state index contributed by atoms with van der Waals surface area (Å²) in [4.78, 5) is 19.5. The molecule has 1 aromatic carbocycles. The van der Waals surface area contributed by atoms with Crippen LogP contribution in [0, 0.1) is 0 Å². The molecule has 3 rings (SSSR count). The predicted molar refractivity (Wildman–Crippen MR) is 95.1 cm³/mol. The first kappa shape index (κ1) is 19.9. The lowest BCUT2D eigenvalue weighted by atomic mass is 10.2. The zero-order valence-electron chi connectivity index (χ0n) is 14.2. The highest BCUT2D eigenvalue weighted by Gasteiger charge is 2.36. The van der Waals surface area contributed by atoms with Gasteiger partial charge in [0.05, 0.1) is 22.3 Å². The van der Waals surface area contributed by atoms with Gasteiger partial charge in [-0.1, -0.05) is 30.0 Å². The Morgan fingerprint density at radius 2 is 2.00 bits per heavy atom. The van der Waals surface area contributed by atoms with Crippen molar-refractivity contribution >= 4 is 38.4 Å². The number of para-hydroxylation sites is 1. The van der Waals surface area contributed by atoms with Crippen molar-refractivity contribution in [3.8, 4) is 0 Å². The highest BCUT2D eigenvalue weighted by atomic mass is 32.2. The van der Waals surface area contributed by atoms with Crippen LogP contribution in [0.25, 0.3) is 10.9 Å². The number of aromatic nitrogens is 2. The normalized spacial score (nSPS) is 20.5.